The second kappa shape index (κ2) is 6.37. The van der Waals surface area contributed by atoms with Crippen molar-refractivity contribution in [2.24, 2.45) is 0 Å². The Morgan fingerprint density at radius 2 is 1.79 bits per heavy atom. The highest BCUT2D eigenvalue weighted by atomic mass is 32.1. The highest BCUT2D eigenvalue weighted by Crippen LogP contribution is 2.31. The van der Waals surface area contributed by atoms with E-state index in [1.165, 1.54) is 11.1 Å². The highest BCUT2D eigenvalue weighted by molar-refractivity contribution is 7.17. The summed E-state index contributed by atoms with van der Waals surface area (Å²) in [5.41, 5.74) is 3.40. The van der Waals surface area contributed by atoms with Crippen LogP contribution in [0, 0.1) is 6.92 Å². The van der Waals surface area contributed by atoms with E-state index in [0.29, 0.717) is 0 Å². The molecule has 1 N–H and O–H groups in total. The smallest absolute Gasteiger partial charge is 0.163 e. The SMILES string of the molecule is Cc1csc2nc(-c3ccncc3)nc(NCc3ccccc3)c12. The Bertz CT molecular complexity index is 965. The van der Waals surface area contributed by atoms with Crippen molar-refractivity contribution < 1.29 is 0 Å². The van der Waals surface area contributed by atoms with Crippen molar-refractivity contribution >= 4 is 27.4 Å². The van der Waals surface area contributed by atoms with E-state index in [9.17, 15) is 0 Å². The van der Waals surface area contributed by atoms with Crippen molar-refractivity contribution in [1.82, 2.24) is 15.0 Å². The number of pyridine rings is 1. The minimum Gasteiger partial charge on any atom is -0.365 e. The molecular weight excluding hydrogens is 316 g/mol. The summed E-state index contributed by atoms with van der Waals surface area (Å²) in [7, 11) is 0. The average Bonchev–Trinajstić information content (AvgIpc) is 3.02. The molecule has 0 unspecified atom stereocenters. The molecule has 1 aromatic carbocycles. The van der Waals surface area contributed by atoms with Gasteiger partial charge in [0.25, 0.3) is 0 Å². The summed E-state index contributed by atoms with van der Waals surface area (Å²) in [6, 6.07) is 14.2. The number of thiophene rings is 1. The van der Waals surface area contributed by atoms with Gasteiger partial charge in [-0.2, -0.15) is 0 Å². The molecule has 3 aromatic heterocycles. The molecule has 4 rings (SSSR count). The van der Waals surface area contributed by atoms with Crippen LogP contribution in [0.1, 0.15) is 11.1 Å². The van der Waals surface area contributed by atoms with E-state index in [0.717, 1.165) is 34.0 Å². The van der Waals surface area contributed by atoms with Gasteiger partial charge in [0, 0.05) is 24.5 Å². The molecule has 0 radical (unpaired) electrons. The van der Waals surface area contributed by atoms with Gasteiger partial charge in [0.2, 0.25) is 0 Å². The van der Waals surface area contributed by atoms with Gasteiger partial charge in [-0.1, -0.05) is 30.3 Å². The van der Waals surface area contributed by atoms with Gasteiger partial charge in [0.1, 0.15) is 10.6 Å². The van der Waals surface area contributed by atoms with Crippen LogP contribution < -0.4 is 5.32 Å². The molecule has 0 aliphatic carbocycles. The Morgan fingerprint density at radius 1 is 1.00 bits per heavy atom. The third-order valence-corrected chi connectivity index (χ3v) is 4.85. The number of hydrogen-bond donors (Lipinski definition) is 1. The van der Waals surface area contributed by atoms with Crippen molar-refractivity contribution in [2.45, 2.75) is 13.5 Å². The van der Waals surface area contributed by atoms with Crippen molar-refractivity contribution in [3.8, 4) is 11.4 Å². The molecule has 4 nitrogen and oxygen atoms in total. The Hall–Kier alpha value is -2.79. The van der Waals surface area contributed by atoms with Gasteiger partial charge in [0.15, 0.2) is 5.82 Å². The molecule has 24 heavy (non-hydrogen) atoms. The Labute approximate surface area is 144 Å². The normalized spacial score (nSPS) is 10.9. The van der Waals surface area contributed by atoms with E-state index >= 15 is 0 Å². The molecule has 0 atom stereocenters. The van der Waals surface area contributed by atoms with E-state index in [2.05, 4.69) is 34.7 Å². The van der Waals surface area contributed by atoms with Crippen LogP contribution in [0.2, 0.25) is 0 Å². The van der Waals surface area contributed by atoms with E-state index in [-0.39, 0.29) is 0 Å². The molecule has 0 saturated carbocycles. The Morgan fingerprint density at radius 3 is 2.58 bits per heavy atom. The van der Waals surface area contributed by atoms with Crippen LogP contribution in [-0.2, 0) is 6.54 Å². The largest absolute Gasteiger partial charge is 0.365 e. The van der Waals surface area contributed by atoms with Crippen molar-refractivity contribution in [3.05, 3.63) is 71.4 Å². The predicted molar refractivity (Wildman–Crippen MR) is 99.2 cm³/mol. The van der Waals surface area contributed by atoms with Crippen LogP contribution in [0.4, 0.5) is 5.82 Å². The monoisotopic (exact) mass is 332 g/mol. The van der Waals surface area contributed by atoms with Gasteiger partial charge >= 0.3 is 0 Å². The molecule has 0 aliphatic rings. The van der Waals surface area contributed by atoms with E-state index in [1.807, 2.05) is 30.3 Å². The summed E-state index contributed by atoms with van der Waals surface area (Å²) in [6.07, 6.45) is 3.53. The molecule has 0 bridgehead atoms. The molecule has 0 amide bonds. The Kier molecular flexibility index (Phi) is 3.92. The maximum atomic E-state index is 4.78. The molecule has 4 aromatic rings. The van der Waals surface area contributed by atoms with Crippen LogP contribution in [0.15, 0.2) is 60.2 Å². The van der Waals surface area contributed by atoms with E-state index in [4.69, 9.17) is 9.97 Å². The summed E-state index contributed by atoms with van der Waals surface area (Å²) in [5, 5.41) is 6.71. The van der Waals surface area contributed by atoms with Gasteiger partial charge in [0.05, 0.1) is 5.39 Å². The number of rotatable bonds is 4. The topological polar surface area (TPSA) is 50.7 Å². The Balaban J connectivity index is 1.76. The first-order valence-corrected chi connectivity index (χ1v) is 8.63. The fourth-order valence-electron chi connectivity index (χ4n) is 2.62. The maximum Gasteiger partial charge on any atom is 0.163 e. The van der Waals surface area contributed by atoms with Crippen LogP contribution in [0.5, 0.6) is 0 Å². The summed E-state index contributed by atoms with van der Waals surface area (Å²) in [5.74, 6) is 1.61. The van der Waals surface area contributed by atoms with Crippen LogP contribution >= 0.6 is 11.3 Å². The average molecular weight is 332 g/mol. The molecule has 3 heterocycles. The van der Waals surface area contributed by atoms with Gasteiger partial charge in [-0.25, -0.2) is 9.97 Å². The molecule has 0 aliphatic heterocycles. The van der Waals surface area contributed by atoms with Gasteiger partial charge < -0.3 is 5.32 Å². The van der Waals surface area contributed by atoms with E-state index < -0.39 is 0 Å². The second-order valence-corrected chi connectivity index (χ2v) is 6.43. The number of fused-ring (bicyclic) bond motifs is 1. The first-order valence-electron chi connectivity index (χ1n) is 7.75. The van der Waals surface area contributed by atoms with E-state index in [1.54, 1.807) is 23.7 Å². The maximum absolute atomic E-state index is 4.78. The molecule has 5 heteroatoms. The molecule has 0 fully saturated rings. The first-order chi connectivity index (χ1) is 11.8. The molecule has 118 valence electrons. The summed E-state index contributed by atoms with van der Waals surface area (Å²) in [6.45, 7) is 2.83. The number of nitrogens with zero attached hydrogens (tertiary/aromatic N) is 3. The second-order valence-electron chi connectivity index (χ2n) is 5.57. The lowest BCUT2D eigenvalue weighted by molar-refractivity contribution is 1.11. The van der Waals surface area contributed by atoms with Crippen molar-refractivity contribution in [2.75, 3.05) is 5.32 Å². The van der Waals surface area contributed by atoms with Gasteiger partial charge in [-0.05, 0) is 35.6 Å². The van der Waals surface area contributed by atoms with Gasteiger partial charge in [-0.3, -0.25) is 4.98 Å². The zero-order valence-corrected chi connectivity index (χ0v) is 14.0. The predicted octanol–water partition coefficient (Wildman–Crippen LogP) is 4.67. The summed E-state index contributed by atoms with van der Waals surface area (Å²) in [4.78, 5) is 14.6. The molecule has 0 saturated heterocycles. The van der Waals surface area contributed by atoms with Crippen LogP contribution in [0.3, 0.4) is 0 Å². The number of anilines is 1. The highest BCUT2D eigenvalue weighted by Gasteiger charge is 2.13. The summed E-state index contributed by atoms with van der Waals surface area (Å²) >= 11 is 1.65. The zero-order chi connectivity index (χ0) is 16.4. The molecular formula is C19H16N4S. The summed E-state index contributed by atoms with van der Waals surface area (Å²) < 4.78 is 0. The van der Waals surface area contributed by atoms with Crippen molar-refractivity contribution in [3.63, 3.8) is 0 Å². The number of aryl methyl sites for hydroxylation is 1. The van der Waals surface area contributed by atoms with Crippen LogP contribution in [0.25, 0.3) is 21.6 Å². The number of benzene rings is 1. The lowest BCUT2D eigenvalue weighted by Gasteiger charge is -2.10. The van der Waals surface area contributed by atoms with Gasteiger partial charge in [-0.15, -0.1) is 11.3 Å². The fourth-order valence-corrected chi connectivity index (χ4v) is 3.54. The molecule has 0 spiro atoms. The minimum absolute atomic E-state index is 0.724. The standard InChI is InChI=1S/C19H16N4S/c1-13-12-24-19-16(13)18(21-11-14-5-3-2-4-6-14)22-17(23-19)15-7-9-20-10-8-15/h2-10,12H,11H2,1H3,(H,21,22,23). The van der Waals surface area contributed by atoms with Crippen molar-refractivity contribution in [1.29, 1.82) is 0 Å². The minimum atomic E-state index is 0.724. The van der Waals surface area contributed by atoms with Crippen LogP contribution in [-0.4, -0.2) is 15.0 Å². The lowest BCUT2D eigenvalue weighted by Crippen LogP contribution is -2.04. The third-order valence-electron chi connectivity index (χ3n) is 3.86. The fraction of sp³-hybridized carbons (Fsp3) is 0.105. The zero-order valence-electron chi connectivity index (χ0n) is 13.2. The first kappa shape index (κ1) is 14.8. The number of nitrogens with one attached hydrogen (secondary N) is 1. The number of hydrogen-bond acceptors (Lipinski definition) is 5. The third kappa shape index (κ3) is 2.86. The quantitative estimate of drug-likeness (QED) is 0.590. The number of aromatic nitrogens is 3. The lowest BCUT2D eigenvalue weighted by atomic mass is 10.2.